The van der Waals surface area contributed by atoms with Crippen molar-refractivity contribution >= 4 is 51.2 Å². The third kappa shape index (κ3) is 7.85. The van der Waals surface area contributed by atoms with Gasteiger partial charge in [-0.25, -0.2) is 0 Å². The number of aryl methyl sites for hydroxylation is 1. The Morgan fingerprint density at radius 2 is 0.554 bits per heavy atom. The normalized spacial score (nSPS) is 12.1. The van der Waals surface area contributed by atoms with Crippen LogP contribution in [0.1, 0.15) is 42.4 Å². The minimum absolute atomic E-state index is 0.377. The molecule has 0 bridgehead atoms. The molecule has 0 aliphatic rings. The number of hydrogen-bond donors (Lipinski definition) is 0. The van der Waals surface area contributed by atoms with Crippen molar-refractivity contribution in [2.45, 2.75) is 32.6 Å². The highest BCUT2D eigenvalue weighted by atomic mass is 15.2. The summed E-state index contributed by atoms with van der Waals surface area (Å²) in [5.74, 6) is 0.785. The number of hydrogen-bond acceptors (Lipinski definition) is 3. The third-order valence-electron chi connectivity index (χ3n) is 10.8. The van der Waals surface area contributed by atoms with Crippen molar-refractivity contribution in [3.63, 3.8) is 0 Å². The predicted octanol–water partition coefficient (Wildman–Crippen LogP) is 15.3. The lowest BCUT2D eigenvalue weighted by molar-refractivity contribution is 0.624. The molecule has 0 N–H and O–H groups in total. The fourth-order valence-electron chi connectivity index (χ4n) is 7.62. The van der Waals surface area contributed by atoms with Crippen molar-refractivity contribution in [3.8, 4) is 0 Å². The highest BCUT2D eigenvalue weighted by Crippen LogP contribution is 2.43. The van der Waals surface area contributed by atoms with E-state index >= 15 is 0 Å². The Kier molecular flexibility index (Phi) is 10.8. The van der Waals surface area contributed by atoms with E-state index in [0.717, 1.165) is 51.2 Å². The Hall–Kier alpha value is -6.84. The summed E-state index contributed by atoms with van der Waals surface area (Å²) in [5.41, 5.74) is 13.8. The fraction of sp³-hybridized carbons (Fsp3) is 0.0943. The van der Waals surface area contributed by atoms with Crippen molar-refractivity contribution in [2.24, 2.45) is 0 Å². The van der Waals surface area contributed by atoms with Crippen LogP contribution in [0, 0.1) is 6.92 Å². The topological polar surface area (TPSA) is 9.72 Å². The highest BCUT2D eigenvalue weighted by Gasteiger charge is 2.20. The monoisotopic (exact) mass is 725 g/mol. The van der Waals surface area contributed by atoms with Crippen LogP contribution in [0.25, 0.3) is 0 Å². The van der Waals surface area contributed by atoms with Gasteiger partial charge in [-0.15, -0.1) is 0 Å². The van der Waals surface area contributed by atoms with Gasteiger partial charge in [0.1, 0.15) is 0 Å². The van der Waals surface area contributed by atoms with Gasteiger partial charge in [-0.2, -0.15) is 0 Å². The van der Waals surface area contributed by atoms with Crippen LogP contribution in [0.5, 0.6) is 0 Å². The largest absolute Gasteiger partial charge is 0.310 e. The zero-order valence-electron chi connectivity index (χ0n) is 32.3. The van der Waals surface area contributed by atoms with Crippen LogP contribution >= 0.6 is 0 Å². The molecular formula is C53H47N3. The summed E-state index contributed by atoms with van der Waals surface area (Å²) in [5, 5.41) is 0. The quantitative estimate of drug-likeness (QED) is 0.124. The van der Waals surface area contributed by atoms with Crippen molar-refractivity contribution in [1.82, 2.24) is 0 Å². The van der Waals surface area contributed by atoms with E-state index in [1.54, 1.807) is 0 Å². The van der Waals surface area contributed by atoms with E-state index in [0.29, 0.717) is 11.8 Å². The summed E-state index contributed by atoms with van der Waals surface area (Å²) in [4.78, 5) is 7.01. The molecule has 8 rings (SSSR count). The van der Waals surface area contributed by atoms with E-state index in [2.05, 4.69) is 254 Å². The molecule has 2 atom stereocenters. The van der Waals surface area contributed by atoms with Crippen molar-refractivity contribution < 1.29 is 0 Å². The number of benzene rings is 8. The summed E-state index contributed by atoms with van der Waals surface area (Å²) in [6, 6.07) is 78.3. The molecule has 8 aromatic carbocycles. The zero-order chi connectivity index (χ0) is 38.3. The molecule has 3 nitrogen and oxygen atoms in total. The Labute approximate surface area is 332 Å². The average molecular weight is 726 g/mol. The van der Waals surface area contributed by atoms with Gasteiger partial charge in [0.2, 0.25) is 0 Å². The Balaban J connectivity index is 1.16. The molecule has 0 saturated heterocycles. The molecule has 0 heterocycles. The van der Waals surface area contributed by atoms with Gasteiger partial charge in [-0.05, 0) is 139 Å². The molecule has 0 aliphatic carbocycles. The molecule has 0 spiro atoms. The molecule has 0 aliphatic heterocycles. The average Bonchev–Trinajstić information content (AvgIpc) is 3.26. The van der Waals surface area contributed by atoms with Crippen LogP contribution in [-0.2, 0) is 0 Å². The van der Waals surface area contributed by atoms with E-state index in [1.165, 1.54) is 16.7 Å². The highest BCUT2D eigenvalue weighted by molar-refractivity contribution is 5.84. The van der Waals surface area contributed by atoms with Crippen molar-refractivity contribution in [3.05, 3.63) is 235 Å². The molecule has 0 amide bonds. The standard InChI is InChI=1S/C53H47N3/c1-40-18-16-27-51(38-40)54(45-21-10-5-11-22-45)49-34-36-50(37-35-49)56(47-25-14-7-15-26-47)53-29-17-28-52(39-53)55(46-23-12-6-13-24-46)48-32-30-44(31-33-48)42(3)41(2)43-19-8-4-9-20-43/h4-39,41-42H,1-3H3. The van der Waals surface area contributed by atoms with Gasteiger partial charge >= 0.3 is 0 Å². The maximum Gasteiger partial charge on any atom is 0.0482 e. The molecule has 0 saturated carbocycles. The molecule has 0 aromatic heterocycles. The molecule has 8 aromatic rings. The molecule has 3 heteroatoms. The van der Waals surface area contributed by atoms with Gasteiger partial charge in [-0.1, -0.05) is 129 Å². The molecule has 56 heavy (non-hydrogen) atoms. The minimum Gasteiger partial charge on any atom is -0.310 e. The zero-order valence-corrected chi connectivity index (χ0v) is 32.3. The lowest BCUT2D eigenvalue weighted by Crippen LogP contribution is -2.14. The smallest absolute Gasteiger partial charge is 0.0482 e. The SMILES string of the molecule is Cc1cccc(N(c2ccccc2)c2ccc(N(c3ccccc3)c3cccc(N(c4ccccc4)c4ccc(C(C)C(C)c5ccccc5)cc4)c3)cc2)c1. The van der Waals surface area contributed by atoms with Crippen LogP contribution in [0.2, 0.25) is 0 Å². The van der Waals surface area contributed by atoms with Crippen LogP contribution in [-0.4, -0.2) is 0 Å². The maximum absolute atomic E-state index is 2.35. The lowest BCUT2D eigenvalue weighted by Gasteiger charge is -2.30. The van der Waals surface area contributed by atoms with Crippen LogP contribution in [0.4, 0.5) is 51.2 Å². The Morgan fingerprint density at radius 1 is 0.268 bits per heavy atom. The van der Waals surface area contributed by atoms with Gasteiger partial charge in [0.15, 0.2) is 0 Å². The Bertz CT molecular complexity index is 2450. The first kappa shape index (κ1) is 36.2. The Morgan fingerprint density at radius 3 is 0.946 bits per heavy atom. The molecular weight excluding hydrogens is 679 g/mol. The second-order valence-electron chi connectivity index (χ2n) is 14.5. The van der Waals surface area contributed by atoms with Crippen LogP contribution < -0.4 is 14.7 Å². The number of anilines is 9. The first-order chi connectivity index (χ1) is 27.5. The van der Waals surface area contributed by atoms with E-state index in [1.807, 2.05) is 0 Å². The number of rotatable bonds is 12. The van der Waals surface area contributed by atoms with Crippen LogP contribution in [0.3, 0.4) is 0 Å². The minimum atomic E-state index is 0.377. The molecule has 2 unspecified atom stereocenters. The van der Waals surface area contributed by atoms with E-state index in [9.17, 15) is 0 Å². The molecule has 0 fully saturated rings. The van der Waals surface area contributed by atoms with E-state index in [-0.39, 0.29) is 0 Å². The van der Waals surface area contributed by atoms with Gasteiger partial charge in [0, 0.05) is 51.2 Å². The number of para-hydroxylation sites is 3. The van der Waals surface area contributed by atoms with Gasteiger partial charge in [-0.3, -0.25) is 0 Å². The first-order valence-electron chi connectivity index (χ1n) is 19.5. The summed E-state index contributed by atoms with van der Waals surface area (Å²) in [7, 11) is 0. The lowest BCUT2D eigenvalue weighted by atomic mass is 9.84. The third-order valence-corrected chi connectivity index (χ3v) is 10.8. The van der Waals surface area contributed by atoms with Crippen molar-refractivity contribution in [1.29, 1.82) is 0 Å². The van der Waals surface area contributed by atoms with Gasteiger partial charge in [0.25, 0.3) is 0 Å². The van der Waals surface area contributed by atoms with E-state index < -0.39 is 0 Å². The fourth-order valence-corrected chi connectivity index (χ4v) is 7.62. The second kappa shape index (κ2) is 16.7. The second-order valence-corrected chi connectivity index (χ2v) is 14.5. The van der Waals surface area contributed by atoms with Gasteiger partial charge in [0.05, 0.1) is 0 Å². The summed E-state index contributed by atoms with van der Waals surface area (Å²) < 4.78 is 0. The molecule has 0 radical (unpaired) electrons. The predicted molar refractivity (Wildman–Crippen MR) is 238 cm³/mol. The number of nitrogens with zero attached hydrogens (tertiary/aromatic N) is 3. The summed E-state index contributed by atoms with van der Waals surface area (Å²) in [6.45, 7) is 6.80. The molecule has 274 valence electrons. The first-order valence-corrected chi connectivity index (χ1v) is 19.5. The van der Waals surface area contributed by atoms with Crippen LogP contribution in [0.15, 0.2) is 218 Å². The summed E-state index contributed by atoms with van der Waals surface area (Å²) >= 11 is 0. The maximum atomic E-state index is 2.35. The van der Waals surface area contributed by atoms with E-state index in [4.69, 9.17) is 0 Å². The summed E-state index contributed by atoms with van der Waals surface area (Å²) in [6.07, 6.45) is 0. The van der Waals surface area contributed by atoms with Crippen molar-refractivity contribution in [2.75, 3.05) is 14.7 Å². The van der Waals surface area contributed by atoms with Gasteiger partial charge < -0.3 is 14.7 Å².